The van der Waals surface area contributed by atoms with Gasteiger partial charge in [0.1, 0.15) is 11.4 Å². The summed E-state index contributed by atoms with van der Waals surface area (Å²) in [5.74, 6) is -0.270. The number of carbonyl (C=O) groups excluding carboxylic acids is 1. The maximum atomic E-state index is 11.9. The summed E-state index contributed by atoms with van der Waals surface area (Å²) in [5, 5.41) is 46.6. The number of anilines is 4. The third-order valence-electron chi connectivity index (χ3n) is 4.57. The number of nitro benzene ring substituents is 2. The van der Waals surface area contributed by atoms with Crippen molar-refractivity contribution in [2.24, 2.45) is 0 Å². The van der Waals surface area contributed by atoms with Gasteiger partial charge in [0.05, 0.1) is 58.0 Å². The molecule has 0 aliphatic rings. The van der Waals surface area contributed by atoms with Gasteiger partial charge in [0.15, 0.2) is 5.75 Å². The number of aliphatic hydroxyl groups excluding tert-OH is 1. The minimum Gasteiger partial charge on any atom is -0.492 e. The van der Waals surface area contributed by atoms with Gasteiger partial charge in [-0.3, -0.25) is 25.0 Å². The molecule has 0 aromatic heterocycles. The largest absolute Gasteiger partial charge is 0.492 e. The van der Waals surface area contributed by atoms with Crippen LogP contribution in [0.4, 0.5) is 34.1 Å². The van der Waals surface area contributed by atoms with Crippen LogP contribution in [0.5, 0.6) is 5.75 Å². The van der Waals surface area contributed by atoms with Crippen LogP contribution in [0.1, 0.15) is 13.3 Å². The maximum Gasteiger partial charge on any atom is 0.300 e. The molecule has 2 aromatic carbocycles. The van der Waals surface area contributed by atoms with Crippen molar-refractivity contribution >= 4 is 56.0 Å². The van der Waals surface area contributed by atoms with Crippen LogP contribution in [0.25, 0.3) is 0 Å². The number of hydrogen-bond acceptors (Lipinski definition) is 10. The van der Waals surface area contributed by atoms with Gasteiger partial charge in [-0.05, 0) is 28.1 Å². The molecule has 34 heavy (non-hydrogen) atoms. The molecule has 1 amide bonds. The standard InChI is InChI=1S/C20H21BrN6O7/c1-12(29)23-19-15(4-5-16(20(19)34-2)25(8-9-28)7-3-6-22)24-18-14(21)10-13(26(30)31)11-17(18)27(32)33/h4-5,10-11,24,28H,3,7-9H2,1-2H3,(H,23,29). The molecule has 0 heterocycles. The van der Waals surface area contributed by atoms with E-state index in [1.807, 2.05) is 6.07 Å². The molecule has 0 radical (unpaired) electrons. The minimum absolute atomic E-state index is 0.0566. The van der Waals surface area contributed by atoms with E-state index in [0.717, 1.165) is 12.1 Å². The third kappa shape index (κ3) is 6.09. The lowest BCUT2D eigenvalue weighted by Gasteiger charge is -2.27. The molecule has 0 saturated carbocycles. The summed E-state index contributed by atoms with van der Waals surface area (Å²) < 4.78 is 5.58. The molecule has 0 saturated heterocycles. The molecule has 3 N–H and O–H groups in total. The Hall–Kier alpha value is -3.96. The minimum atomic E-state index is -0.769. The summed E-state index contributed by atoms with van der Waals surface area (Å²) in [5.41, 5.74) is -0.290. The van der Waals surface area contributed by atoms with Crippen molar-refractivity contribution in [1.29, 1.82) is 5.26 Å². The number of rotatable bonds is 11. The van der Waals surface area contributed by atoms with Crippen molar-refractivity contribution in [1.82, 2.24) is 0 Å². The van der Waals surface area contributed by atoms with Gasteiger partial charge in [-0.25, -0.2) is 0 Å². The summed E-state index contributed by atoms with van der Waals surface area (Å²) in [4.78, 5) is 34.9. The highest BCUT2D eigenvalue weighted by atomic mass is 79.9. The summed E-state index contributed by atoms with van der Waals surface area (Å²) >= 11 is 3.13. The van der Waals surface area contributed by atoms with Gasteiger partial charge in [-0.15, -0.1) is 0 Å². The second-order valence-corrected chi connectivity index (χ2v) is 7.66. The molecule has 0 spiro atoms. The fourth-order valence-electron chi connectivity index (χ4n) is 3.18. The van der Waals surface area contributed by atoms with Gasteiger partial charge in [0.25, 0.3) is 5.69 Å². The average molecular weight is 537 g/mol. The number of amides is 1. The van der Waals surface area contributed by atoms with Gasteiger partial charge >= 0.3 is 5.69 Å². The van der Waals surface area contributed by atoms with Crippen molar-refractivity contribution in [3.8, 4) is 11.8 Å². The Kier molecular flexibility index (Phi) is 9.10. The van der Waals surface area contributed by atoms with Crippen LogP contribution in [0.3, 0.4) is 0 Å². The number of carbonyl (C=O) groups is 1. The van der Waals surface area contributed by atoms with Gasteiger partial charge in [0, 0.05) is 26.1 Å². The average Bonchev–Trinajstić information content (AvgIpc) is 2.77. The zero-order chi connectivity index (χ0) is 25.4. The Bertz CT molecular complexity index is 1150. The number of nitrogens with one attached hydrogen (secondary N) is 2. The van der Waals surface area contributed by atoms with Crippen LogP contribution in [0.15, 0.2) is 28.7 Å². The van der Waals surface area contributed by atoms with Gasteiger partial charge in [-0.1, -0.05) is 0 Å². The Morgan fingerprint density at radius 2 is 1.94 bits per heavy atom. The first kappa shape index (κ1) is 26.3. The number of methoxy groups -OCH3 is 1. The highest BCUT2D eigenvalue weighted by Gasteiger charge is 2.26. The van der Waals surface area contributed by atoms with E-state index in [1.54, 1.807) is 11.0 Å². The first-order valence-electron chi connectivity index (χ1n) is 9.75. The Morgan fingerprint density at radius 1 is 1.24 bits per heavy atom. The summed E-state index contributed by atoms with van der Waals surface area (Å²) in [6.45, 7) is 1.52. The molecule has 0 aliphatic carbocycles. The van der Waals surface area contributed by atoms with Crippen molar-refractivity contribution in [2.75, 3.05) is 42.3 Å². The fraction of sp³-hybridized carbons (Fsp3) is 0.300. The number of benzene rings is 2. The lowest BCUT2D eigenvalue weighted by atomic mass is 10.1. The molecular weight excluding hydrogens is 516 g/mol. The highest BCUT2D eigenvalue weighted by molar-refractivity contribution is 9.10. The molecule has 180 valence electrons. The molecule has 14 heteroatoms. The molecule has 2 aromatic rings. The number of nitro groups is 2. The molecular formula is C20H21BrN6O7. The highest BCUT2D eigenvalue weighted by Crippen LogP contribution is 2.45. The van der Waals surface area contributed by atoms with Crippen molar-refractivity contribution in [3.05, 3.63) is 49.0 Å². The van der Waals surface area contributed by atoms with Crippen molar-refractivity contribution in [2.45, 2.75) is 13.3 Å². The van der Waals surface area contributed by atoms with Gasteiger partial charge in [0.2, 0.25) is 5.91 Å². The lowest BCUT2D eigenvalue weighted by Crippen LogP contribution is -2.28. The Labute approximate surface area is 202 Å². The Balaban J connectivity index is 2.69. The number of halogens is 1. The van der Waals surface area contributed by atoms with E-state index in [-0.39, 0.29) is 53.4 Å². The smallest absolute Gasteiger partial charge is 0.300 e. The van der Waals surface area contributed by atoms with Crippen molar-refractivity contribution < 1.29 is 24.5 Å². The predicted molar refractivity (Wildman–Crippen MR) is 128 cm³/mol. The number of nitriles is 1. The molecule has 2 rings (SSSR count). The van der Waals surface area contributed by atoms with Crippen LogP contribution in [0, 0.1) is 31.6 Å². The maximum absolute atomic E-state index is 11.9. The second-order valence-electron chi connectivity index (χ2n) is 6.80. The van der Waals surface area contributed by atoms with Gasteiger partial charge < -0.3 is 25.4 Å². The molecule has 0 aliphatic heterocycles. The molecule has 0 unspecified atom stereocenters. The molecule has 0 fully saturated rings. The topological polar surface area (TPSA) is 184 Å². The first-order valence-corrected chi connectivity index (χ1v) is 10.5. The van der Waals surface area contributed by atoms with E-state index in [9.17, 15) is 30.1 Å². The summed E-state index contributed by atoms with van der Waals surface area (Å²) in [6, 6.07) is 7.09. The molecule has 13 nitrogen and oxygen atoms in total. The number of ether oxygens (including phenoxy) is 1. The quantitative estimate of drug-likeness (QED) is 0.282. The van der Waals surface area contributed by atoms with E-state index in [1.165, 1.54) is 20.1 Å². The number of nitrogens with zero attached hydrogens (tertiary/aromatic N) is 4. The van der Waals surface area contributed by atoms with E-state index in [2.05, 4.69) is 26.6 Å². The van der Waals surface area contributed by atoms with E-state index in [4.69, 9.17) is 10.00 Å². The zero-order valence-corrected chi connectivity index (χ0v) is 19.8. The van der Waals surface area contributed by atoms with E-state index < -0.39 is 27.1 Å². The Morgan fingerprint density at radius 3 is 2.47 bits per heavy atom. The lowest BCUT2D eigenvalue weighted by molar-refractivity contribution is -0.393. The fourth-order valence-corrected chi connectivity index (χ4v) is 3.71. The number of non-ortho nitro benzene ring substituents is 1. The predicted octanol–water partition coefficient (Wildman–Crippen LogP) is 3.69. The monoisotopic (exact) mass is 536 g/mol. The molecule has 0 bridgehead atoms. The number of aliphatic hydroxyl groups is 1. The normalized spacial score (nSPS) is 10.2. The first-order chi connectivity index (χ1) is 16.1. The SMILES string of the molecule is COc1c(N(CCO)CCC#N)ccc(Nc2c(Br)cc([N+](=O)[O-])cc2[N+](=O)[O-])c1NC(C)=O. The van der Waals surface area contributed by atoms with E-state index >= 15 is 0 Å². The van der Waals surface area contributed by atoms with E-state index in [0.29, 0.717) is 5.69 Å². The third-order valence-corrected chi connectivity index (χ3v) is 5.19. The second kappa shape index (κ2) is 11.8. The van der Waals surface area contributed by atoms with Crippen LogP contribution in [0.2, 0.25) is 0 Å². The summed E-state index contributed by atoms with van der Waals surface area (Å²) in [7, 11) is 1.36. The number of hydrogen-bond donors (Lipinski definition) is 3. The van der Waals surface area contributed by atoms with Crippen LogP contribution < -0.4 is 20.3 Å². The van der Waals surface area contributed by atoms with Crippen LogP contribution in [-0.4, -0.2) is 47.7 Å². The summed E-state index contributed by atoms with van der Waals surface area (Å²) in [6.07, 6.45) is 0.167. The zero-order valence-electron chi connectivity index (χ0n) is 18.2. The van der Waals surface area contributed by atoms with Crippen LogP contribution in [-0.2, 0) is 4.79 Å². The van der Waals surface area contributed by atoms with Crippen molar-refractivity contribution in [3.63, 3.8) is 0 Å². The van der Waals surface area contributed by atoms with Crippen LogP contribution >= 0.6 is 15.9 Å². The molecule has 0 atom stereocenters. The van der Waals surface area contributed by atoms with Gasteiger partial charge in [-0.2, -0.15) is 5.26 Å².